The fraction of sp³-hybridized carbons (Fsp3) is 0. The first-order valence-corrected chi connectivity index (χ1v) is 4.26. The molecule has 1 rings (SSSR count). The van der Waals surface area contributed by atoms with Gasteiger partial charge in [-0.3, -0.25) is 0 Å². The van der Waals surface area contributed by atoms with Crippen molar-refractivity contribution in [2.45, 2.75) is 0 Å². The molecule has 0 saturated carbocycles. The second-order valence-corrected chi connectivity index (χ2v) is 3.39. The average molecular weight is 291 g/mol. The van der Waals surface area contributed by atoms with Crippen LogP contribution in [0, 0.1) is 20.7 Å². The lowest BCUT2D eigenvalue weighted by Gasteiger charge is -1.99. The van der Waals surface area contributed by atoms with Crippen LogP contribution in [-0.4, -0.2) is 11.1 Å². The lowest BCUT2D eigenvalue weighted by molar-refractivity contribution is 0.0695. The normalized spacial score (nSPS) is 9.31. The predicted molar refractivity (Wildman–Crippen MR) is 50.8 cm³/mol. The number of hydrogen-bond donors (Lipinski definition) is 1. The van der Waals surface area contributed by atoms with Gasteiger partial charge < -0.3 is 5.11 Å². The molecule has 0 aliphatic heterocycles. The number of carbonyl (C=O) groups is 1. The standard InChI is InChI=1S/C8H3FINO2/c9-6-2-7(10)5(8(12)13)1-4(6)3-11/h1-2H,(H,12,13). The number of carboxylic acid groups (broad SMARTS) is 1. The van der Waals surface area contributed by atoms with Crippen LogP contribution in [0.4, 0.5) is 4.39 Å². The van der Waals surface area contributed by atoms with Crippen LogP contribution < -0.4 is 0 Å². The van der Waals surface area contributed by atoms with Gasteiger partial charge >= 0.3 is 5.97 Å². The van der Waals surface area contributed by atoms with Crippen molar-refractivity contribution in [3.8, 4) is 6.07 Å². The smallest absolute Gasteiger partial charge is 0.336 e. The first kappa shape index (κ1) is 9.92. The van der Waals surface area contributed by atoms with Crippen molar-refractivity contribution >= 4 is 28.6 Å². The van der Waals surface area contributed by atoms with Gasteiger partial charge in [0, 0.05) is 3.57 Å². The minimum absolute atomic E-state index is 0.0569. The number of nitrogens with zero attached hydrogens (tertiary/aromatic N) is 1. The van der Waals surface area contributed by atoms with Crippen LogP contribution in [0.15, 0.2) is 12.1 Å². The molecule has 0 atom stereocenters. The molecule has 0 aliphatic rings. The summed E-state index contributed by atoms with van der Waals surface area (Å²) in [6.07, 6.45) is 0. The predicted octanol–water partition coefficient (Wildman–Crippen LogP) is 2.00. The van der Waals surface area contributed by atoms with Gasteiger partial charge in [0.1, 0.15) is 11.9 Å². The molecule has 0 radical (unpaired) electrons. The summed E-state index contributed by atoms with van der Waals surface area (Å²) >= 11 is 1.70. The van der Waals surface area contributed by atoms with Gasteiger partial charge in [0.2, 0.25) is 0 Å². The van der Waals surface area contributed by atoms with Gasteiger partial charge in [0.25, 0.3) is 0 Å². The maximum Gasteiger partial charge on any atom is 0.336 e. The minimum Gasteiger partial charge on any atom is -0.478 e. The highest BCUT2D eigenvalue weighted by molar-refractivity contribution is 14.1. The summed E-state index contributed by atoms with van der Waals surface area (Å²) in [7, 11) is 0. The van der Waals surface area contributed by atoms with Crippen molar-refractivity contribution in [3.63, 3.8) is 0 Å². The van der Waals surface area contributed by atoms with E-state index >= 15 is 0 Å². The maximum atomic E-state index is 12.9. The number of benzene rings is 1. The van der Waals surface area contributed by atoms with Crippen molar-refractivity contribution in [2.24, 2.45) is 0 Å². The Bertz CT molecular complexity index is 411. The summed E-state index contributed by atoms with van der Waals surface area (Å²) in [6.45, 7) is 0. The summed E-state index contributed by atoms with van der Waals surface area (Å²) in [5.74, 6) is -1.86. The first-order chi connectivity index (χ1) is 6.06. The topological polar surface area (TPSA) is 61.1 Å². The molecule has 3 nitrogen and oxygen atoms in total. The number of aromatic carboxylic acids is 1. The largest absolute Gasteiger partial charge is 0.478 e. The third-order valence-electron chi connectivity index (χ3n) is 1.41. The fourth-order valence-electron chi connectivity index (χ4n) is 0.799. The molecule has 0 saturated heterocycles. The van der Waals surface area contributed by atoms with Gasteiger partial charge in [-0.05, 0) is 34.7 Å². The van der Waals surface area contributed by atoms with Crippen LogP contribution in [0.3, 0.4) is 0 Å². The third-order valence-corrected chi connectivity index (χ3v) is 2.30. The van der Waals surface area contributed by atoms with Crippen molar-refractivity contribution in [3.05, 3.63) is 32.6 Å². The molecule has 0 fully saturated rings. The van der Waals surface area contributed by atoms with E-state index in [-0.39, 0.29) is 14.7 Å². The second kappa shape index (κ2) is 3.70. The summed E-state index contributed by atoms with van der Waals surface area (Å²) in [5, 5.41) is 17.1. The Kier molecular flexibility index (Phi) is 2.83. The Morgan fingerprint density at radius 3 is 2.69 bits per heavy atom. The molecule has 13 heavy (non-hydrogen) atoms. The highest BCUT2D eigenvalue weighted by atomic mass is 127. The van der Waals surface area contributed by atoms with E-state index in [2.05, 4.69) is 0 Å². The molecule has 1 aromatic carbocycles. The summed E-state index contributed by atoms with van der Waals surface area (Å²) in [4.78, 5) is 10.6. The summed E-state index contributed by atoms with van der Waals surface area (Å²) < 4.78 is 13.2. The van der Waals surface area contributed by atoms with E-state index in [1.54, 1.807) is 28.7 Å². The quantitative estimate of drug-likeness (QED) is 0.805. The van der Waals surface area contributed by atoms with Crippen molar-refractivity contribution < 1.29 is 14.3 Å². The van der Waals surface area contributed by atoms with E-state index in [4.69, 9.17) is 10.4 Å². The second-order valence-electron chi connectivity index (χ2n) is 2.23. The minimum atomic E-state index is -1.17. The van der Waals surface area contributed by atoms with Gasteiger partial charge in [-0.1, -0.05) is 0 Å². The SMILES string of the molecule is N#Cc1cc(C(=O)O)c(I)cc1F. The van der Waals surface area contributed by atoms with Crippen LogP contribution in [0.1, 0.15) is 15.9 Å². The number of carboxylic acids is 1. The molecule has 1 N–H and O–H groups in total. The number of halogens is 2. The Morgan fingerprint density at radius 1 is 1.62 bits per heavy atom. The highest BCUT2D eigenvalue weighted by Crippen LogP contribution is 2.17. The van der Waals surface area contributed by atoms with E-state index in [9.17, 15) is 9.18 Å². The van der Waals surface area contributed by atoms with Crippen LogP contribution in [0.25, 0.3) is 0 Å². The molecule has 0 bridgehead atoms. The number of nitriles is 1. The van der Waals surface area contributed by atoms with E-state index in [1.807, 2.05) is 0 Å². The lowest BCUT2D eigenvalue weighted by Crippen LogP contribution is -2.01. The molecule has 0 unspecified atom stereocenters. The molecule has 1 aromatic rings. The zero-order valence-corrected chi connectivity index (χ0v) is 8.37. The van der Waals surface area contributed by atoms with Crippen LogP contribution in [-0.2, 0) is 0 Å². The Morgan fingerprint density at radius 2 is 2.23 bits per heavy atom. The molecule has 0 amide bonds. The summed E-state index contributed by atoms with van der Waals surface area (Å²) in [5.41, 5.74) is -0.309. The van der Waals surface area contributed by atoms with Crippen LogP contribution >= 0.6 is 22.6 Å². The van der Waals surface area contributed by atoms with E-state index in [0.717, 1.165) is 12.1 Å². The van der Waals surface area contributed by atoms with Gasteiger partial charge in [0.15, 0.2) is 0 Å². The lowest BCUT2D eigenvalue weighted by atomic mass is 10.1. The van der Waals surface area contributed by atoms with E-state index in [1.165, 1.54) is 0 Å². The van der Waals surface area contributed by atoms with Crippen molar-refractivity contribution in [1.29, 1.82) is 5.26 Å². The maximum absolute atomic E-state index is 12.9. The monoisotopic (exact) mass is 291 g/mol. The molecule has 5 heteroatoms. The van der Waals surface area contributed by atoms with Gasteiger partial charge in [-0.25, -0.2) is 9.18 Å². The van der Waals surface area contributed by atoms with Crippen molar-refractivity contribution in [2.75, 3.05) is 0 Å². The van der Waals surface area contributed by atoms with Crippen molar-refractivity contribution in [1.82, 2.24) is 0 Å². The Hall–Kier alpha value is -1.16. The molecule has 0 aliphatic carbocycles. The van der Waals surface area contributed by atoms with Gasteiger partial charge in [-0.15, -0.1) is 0 Å². The Balaban J connectivity index is 3.41. The molecular formula is C8H3FINO2. The van der Waals surface area contributed by atoms with E-state index in [0.29, 0.717) is 0 Å². The molecular weight excluding hydrogens is 288 g/mol. The number of rotatable bonds is 1. The zero-order valence-electron chi connectivity index (χ0n) is 6.21. The zero-order chi connectivity index (χ0) is 10.0. The van der Waals surface area contributed by atoms with Gasteiger partial charge in [-0.2, -0.15) is 5.26 Å². The highest BCUT2D eigenvalue weighted by Gasteiger charge is 2.12. The molecule has 0 aromatic heterocycles. The number of hydrogen-bond acceptors (Lipinski definition) is 2. The van der Waals surface area contributed by atoms with Crippen LogP contribution in [0.5, 0.6) is 0 Å². The third kappa shape index (κ3) is 1.95. The first-order valence-electron chi connectivity index (χ1n) is 3.18. The Labute approximate surface area is 86.9 Å². The molecule has 66 valence electrons. The molecule has 0 spiro atoms. The van der Waals surface area contributed by atoms with Gasteiger partial charge in [0.05, 0.1) is 11.1 Å². The fourth-order valence-corrected chi connectivity index (χ4v) is 1.46. The van der Waals surface area contributed by atoms with E-state index < -0.39 is 11.8 Å². The summed E-state index contributed by atoms with van der Waals surface area (Å²) in [6, 6.07) is 3.63. The van der Waals surface area contributed by atoms with Crippen LogP contribution in [0.2, 0.25) is 0 Å². The average Bonchev–Trinajstić information content (AvgIpc) is 2.03. The molecule has 0 heterocycles.